The minimum absolute atomic E-state index is 0.00951. The normalized spacial score (nSPS) is 10.5. The van der Waals surface area contributed by atoms with E-state index in [-0.39, 0.29) is 23.8 Å². The predicted octanol–water partition coefficient (Wildman–Crippen LogP) is 3.21. The maximum absolute atomic E-state index is 12.0. The number of hydrazone groups is 1. The zero-order valence-corrected chi connectivity index (χ0v) is 15.1. The van der Waals surface area contributed by atoms with Crippen LogP contribution in [0.1, 0.15) is 11.1 Å². The van der Waals surface area contributed by atoms with Crippen LogP contribution in [0.15, 0.2) is 47.6 Å². The molecule has 0 fully saturated rings. The summed E-state index contributed by atoms with van der Waals surface area (Å²) in [6.07, 6.45) is 0.628. The Morgan fingerprint density at radius 2 is 1.93 bits per heavy atom. The highest BCUT2D eigenvalue weighted by Crippen LogP contribution is 2.37. The Labute approximate surface area is 155 Å². The average molecular weight is 373 g/mol. The second kappa shape index (κ2) is 9.18. The molecule has 0 atom stereocenters. The number of methoxy groups -OCH3 is 2. The van der Waals surface area contributed by atoms with Gasteiger partial charge in [-0.2, -0.15) is 5.10 Å². The molecule has 0 bridgehead atoms. The maximum Gasteiger partial charge on any atom is 0.430 e. The van der Waals surface area contributed by atoms with Crippen LogP contribution in [0, 0.1) is 10.1 Å². The number of rotatable bonds is 7. The zero-order chi connectivity index (χ0) is 19.8. The molecule has 1 amide bonds. The third-order valence-electron chi connectivity index (χ3n) is 3.53. The minimum atomic E-state index is -0.662. The van der Waals surface area contributed by atoms with Crippen molar-refractivity contribution in [2.75, 3.05) is 21.3 Å². The number of carbonyl (C=O) groups excluding carboxylic acids is 1. The Kier molecular flexibility index (Phi) is 6.70. The lowest BCUT2D eigenvalue weighted by Crippen LogP contribution is -2.22. The molecule has 0 saturated carbocycles. The van der Waals surface area contributed by atoms with Gasteiger partial charge in [-0.15, -0.1) is 0 Å². The van der Waals surface area contributed by atoms with E-state index in [2.05, 4.69) is 5.10 Å². The van der Waals surface area contributed by atoms with E-state index in [1.807, 2.05) is 30.3 Å². The fourth-order valence-corrected chi connectivity index (χ4v) is 2.19. The van der Waals surface area contributed by atoms with Gasteiger partial charge in [0.2, 0.25) is 5.75 Å². The van der Waals surface area contributed by atoms with Crippen LogP contribution in [0.3, 0.4) is 0 Å². The molecule has 2 aromatic carbocycles. The van der Waals surface area contributed by atoms with Gasteiger partial charge in [-0.3, -0.25) is 10.1 Å². The first kappa shape index (κ1) is 19.7. The van der Waals surface area contributed by atoms with Crippen LogP contribution in [-0.2, 0) is 11.3 Å². The number of hydrogen-bond donors (Lipinski definition) is 0. The number of benzene rings is 2. The summed E-state index contributed by atoms with van der Waals surface area (Å²) in [6, 6.07) is 12.0. The molecule has 0 aliphatic carbocycles. The summed E-state index contributed by atoms with van der Waals surface area (Å²) < 4.78 is 15.3. The van der Waals surface area contributed by atoms with Gasteiger partial charge in [-0.25, -0.2) is 9.80 Å². The van der Waals surface area contributed by atoms with Gasteiger partial charge in [0, 0.05) is 18.7 Å². The van der Waals surface area contributed by atoms with E-state index in [0.29, 0.717) is 5.56 Å². The molecule has 0 aliphatic rings. The maximum atomic E-state index is 12.0. The van der Waals surface area contributed by atoms with Gasteiger partial charge < -0.3 is 14.2 Å². The van der Waals surface area contributed by atoms with Crippen LogP contribution in [0.4, 0.5) is 10.5 Å². The van der Waals surface area contributed by atoms with Gasteiger partial charge in [-0.05, 0) is 11.6 Å². The third-order valence-corrected chi connectivity index (χ3v) is 3.53. The summed E-state index contributed by atoms with van der Waals surface area (Å²) in [5, 5.41) is 16.2. The highest BCUT2D eigenvalue weighted by atomic mass is 16.6. The molecule has 0 N–H and O–H groups in total. The molecular weight excluding hydrogens is 354 g/mol. The predicted molar refractivity (Wildman–Crippen MR) is 98.2 cm³/mol. The largest absolute Gasteiger partial charge is 0.493 e. The molecule has 9 heteroatoms. The van der Waals surface area contributed by atoms with E-state index in [1.54, 1.807) is 0 Å². The molecule has 0 aromatic heterocycles. The van der Waals surface area contributed by atoms with Crippen LogP contribution in [0.5, 0.6) is 11.5 Å². The molecule has 0 radical (unpaired) electrons. The summed E-state index contributed by atoms with van der Waals surface area (Å²) in [6.45, 7) is 0.112. The molecule has 0 saturated heterocycles. The van der Waals surface area contributed by atoms with E-state index in [0.717, 1.165) is 10.6 Å². The standard InChI is InChI=1S/C18H19N3O6/c1-20(18(22)27-12-13-7-5-4-6-8-13)19-11-14-9-15(21(23)24)17(26-3)16(10-14)25-2/h4-11H,12H2,1-3H3/b19-11-. The number of ether oxygens (including phenoxy) is 3. The van der Waals surface area contributed by atoms with E-state index in [9.17, 15) is 14.9 Å². The van der Waals surface area contributed by atoms with Gasteiger partial charge in [0.05, 0.1) is 25.4 Å². The summed E-state index contributed by atoms with van der Waals surface area (Å²) in [5.74, 6) is 0.192. The highest BCUT2D eigenvalue weighted by molar-refractivity contribution is 5.84. The molecule has 142 valence electrons. The second-order valence-electron chi connectivity index (χ2n) is 5.34. The molecule has 9 nitrogen and oxygen atoms in total. The lowest BCUT2D eigenvalue weighted by Gasteiger charge is -2.12. The lowest BCUT2D eigenvalue weighted by molar-refractivity contribution is -0.385. The van der Waals surface area contributed by atoms with Gasteiger partial charge in [0.25, 0.3) is 0 Å². The van der Waals surface area contributed by atoms with E-state index in [4.69, 9.17) is 14.2 Å². The number of nitrogens with zero attached hydrogens (tertiary/aromatic N) is 3. The first-order chi connectivity index (χ1) is 13.0. The van der Waals surface area contributed by atoms with E-state index < -0.39 is 11.0 Å². The number of hydrogen-bond acceptors (Lipinski definition) is 7. The number of nitro groups is 1. The second-order valence-corrected chi connectivity index (χ2v) is 5.34. The van der Waals surface area contributed by atoms with Crippen LogP contribution in [0.25, 0.3) is 0 Å². The zero-order valence-electron chi connectivity index (χ0n) is 15.1. The molecule has 0 heterocycles. The Morgan fingerprint density at radius 3 is 2.52 bits per heavy atom. The molecule has 0 spiro atoms. The van der Waals surface area contributed by atoms with Crippen LogP contribution in [-0.4, -0.2) is 43.5 Å². The van der Waals surface area contributed by atoms with E-state index in [1.165, 1.54) is 39.6 Å². The SMILES string of the molecule is COc1cc(/C=N\N(C)C(=O)OCc2ccccc2)cc([N+](=O)[O-])c1OC. The first-order valence-electron chi connectivity index (χ1n) is 7.85. The fraction of sp³-hybridized carbons (Fsp3) is 0.222. The van der Waals surface area contributed by atoms with Crippen molar-refractivity contribution < 1.29 is 23.9 Å². The first-order valence-corrected chi connectivity index (χ1v) is 7.85. The van der Waals surface area contributed by atoms with Gasteiger partial charge in [0.1, 0.15) is 6.61 Å². The number of nitro benzene ring substituents is 1. The quantitative estimate of drug-likeness (QED) is 0.419. The molecule has 2 aromatic rings. The molecule has 2 rings (SSSR count). The monoisotopic (exact) mass is 373 g/mol. The Hall–Kier alpha value is -3.62. The Balaban J connectivity index is 2.10. The van der Waals surface area contributed by atoms with Gasteiger partial charge in [0.15, 0.2) is 5.75 Å². The smallest absolute Gasteiger partial charge is 0.430 e. The summed E-state index contributed by atoms with van der Waals surface area (Å²) in [4.78, 5) is 22.6. The van der Waals surface area contributed by atoms with Crippen molar-refractivity contribution in [3.05, 3.63) is 63.7 Å². The molecular formula is C18H19N3O6. The van der Waals surface area contributed by atoms with Crippen molar-refractivity contribution in [1.82, 2.24) is 5.01 Å². The van der Waals surface area contributed by atoms with Crippen molar-refractivity contribution in [1.29, 1.82) is 0 Å². The summed E-state index contributed by atoms with van der Waals surface area (Å²) in [5.41, 5.74) is 0.938. The number of amides is 1. The Bertz CT molecular complexity index is 838. The van der Waals surface area contributed by atoms with Crippen molar-refractivity contribution >= 4 is 18.0 Å². The topological polar surface area (TPSA) is 104 Å². The molecule has 27 heavy (non-hydrogen) atoms. The van der Waals surface area contributed by atoms with Crippen molar-refractivity contribution in [3.8, 4) is 11.5 Å². The van der Waals surface area contributed by atoms with Crippen LogP contribution >= 0.6 is 0 Å². The van der Waals surface area contributed by atoms with E-state index >= 15 is 0 Å². The van der Waals surface area contributed by atoms with Gasteiger partial charge in [-0.1, -0.05) is 30.3 Å². The average Bonchev–Trinajstić information content (AvgIpc) is 2.69. The minimum Gasteiger partial charge on any atom is -0.493 e. The highest BCUT2D eigenvalue weighted by Gasteiger charge is 2.21. The Morgan fingerprint density at radius 1 is 1.22 bits per heavy atom. The van der Waals surface area contributed by atoms with Crippen LogP contribution in [0.2, 0.25) is 0 Å². The van der Waals surface area contributed by atoms with Gasteiger partial charge >= 0.3 is 11.8 Å². The van der Waals surface area contributed by atoms with Crippen LogP contribution < -0.4 is 9.47 Å². The summed E-state index contributed by atoms with van der Waals surface area (Å²) in [7, 11) is 4.10. The molecule has 0 unspecified atom stereocenters. The van der Waals surface area contributed by atoms with Crippen molar-refractivity contribution in [3.63, 3.8) is 0 Å². The fourth-order valence-electron chi connectivity index (χ4n) is 2.19. The van der Waals surface area contributed by atoms with Crippen molar-refractivity contribution in [2.45, 2.75) is 6.61 Å². The van der Waals surface area contributed by atoms with Crippen molar-refractivity contribution in [2.24, 2.45) is 5.10 Å². The number of carbonyl (C=O) groups is 1. The summed E-state index contributed by atoms with van der Waals surface area (Å²) >= 11 is 0. The lowest BCUT2D eigenvalue weighted by atomic mass is 10.2. The molecule has 0 aliphatic heterocycles. The third kappa shape index (κ3) is 5.18.